The summed E-state index contributed by atoms with van der Waals surface area (Å²) in [4.78, 5) is 14.4. The standard InChI is InChI=1S/C15H23ClN4O/c1-11-14(16)12(2)20(18-11)9-13(21)19-7-4-15(5-8-19)3-6-17-10-15/h17H,3-10H2,1-2H3. The lowest BCUT2D eigenvalue weighted by molar-refractivity contribution is -0.134. The Morgan fingerprint density at radius 2 is 2.05 bits per heavy atom. The normalized spacial score (nSPS) is 21.2. The lowest BCUT2D eigenvalue weighted by Gasteiger charge is -2.38. The molecular weight excluding hydrogens is 288 g/mol. The van der Waals surface area contributed by atoms with Gasteiger partial charge in [-0.3, -0.25) is 9.48 Å². The molecule has 0 saturated carbocycles. The second kappa shape index (κ2) is 5.61. The lowest BCUT2D eigenvalue weighted by Crippen LogP contribution is -2.45. The van der Waals surface area contributed by atoms with E-state index in [4.69, 9.17) is 11.6 Å². The minimum absolute atomic E-state index is 0.151. The van der Waals surface area contributed by atoms with Gasteiger partial charge in [-0.15, -0.1) is 0 Å². The molecule has 116 valence electrons. The number of carbonyl (C=O) groups excluding carboxylic acids is 1. The molecule has 3 rings (SSSR count). The van der Waals surface area contributed by atoms with Crippen molar-refractivity contribution in [3.63, 3.8) is 0 Å². The first-order valence-electron chi connectivity index (χ1n) is 7.69. The average Bonchev–Trinajstić information content (AvgIpc) is 3.01. The van der Waals surface area contributed by atoms with E-state index in [0.717, 1.165) is 50.4 Å². The number of piperidine rings is 1. The molecule has 6 heteroatoms. The van der Waals surface area contributed by atoms with E-state index in [1.54, 1.807) is 4.68 Å². The monoisotopic (exact) mass is 310 g/mol. The van der Waals surface area contributed by atoms with Gasteiger partial charge in [0.05, 0.1) is 16.4 Å². The van der Waals surface area contributed by atoms with Crippen molar-refractivity contribution in [3.05, 3.63) is 16.4 Å². The van der Waals surface area contributed by atoms with Crippen molar-refractivity contribution < 1.29 is 4.79 Å². The van der Waals surface area contributed by atoms with Crippen molar-refractivity contribution in [2.24, 2.45) is 5.41 Å². The van der Waals surface area contributed by atoms with E-state index in [-0.39, 0.29) is 5.91 Å². The first-order chi connectivity index (χ1) is 10.0. The maximum atomic E-state index is 12.4. The zero-order valence-electron chi connectivity index (χ0n) is 12.8. The fourth-order valence-electron chi connectivity index (χ4n) is 3.51. The van der Waals surface area contributed by atoms with Gasteiger partial charge < -0.3 is 10.2 Å². The third-order valence-electron chi connectivity index (χ3n) is 5.09. The van der Waals surface area contributed by atoms with Crippen LogP contribution in [0.1, 0.15) is 30.7 Å². The van der Waals surface area contributed by atoms with Crippen LogP contribution < -0.4 is 5.32 Å². The summed E-state index contributed by atoms with van der Waals surface area (Å²) < 4.78 is 1.72. The number of hydrogen-bond acceptors (Lipinski definition) is 3. The van der Waals surface area contributed by atoms with Crippen LogP contribution in [-0.2, 0) is 11.3 Å². The minimum Gasteiger partial charge on any atom is -0.341 e. The van der Waals surface area contributed by atoms with E-state index in [2.05, 4.69) is 10.4 Å². The molecule has 0 bridgehead atoms. The van der Waals surface area contributed by atoms with Gasteiger partial charge in [-0.25, -0.2) is 0 Å². The highest BCUT2D eigenvalue weighted by molar-refractivity contribution is 6.31. The third-order valence-corrected chi connectivity index (χ3v) is 5.63. The van der Waals surface area contributed by atoms with Crippen LogP contribution in [0.2, 0.25) is 5.02 Å². The van der Waals surface area contributed by atoms with Crippen LogP contribution in [0.25, 0.3) is 0 Å². The van der Waals surface area contributed by atoms with Crippen molar-refractivity contribution in [2.45, 2.75) is 39.7 Å². The SMILES string of the molecule is Cc1nn(CC(=O)N2CCC3(CCNC3)CC2)c(C)c1Cl. The third kappa shape index (κ3) is 2.81. The Bertz CT molecular complexity index is 538. The minimum atomic E-state index is 0.151. The zero-order valence-corrected chi connectivity index (χ0v) is 13.5. The van der Waals surface area contributed by atoms with Crippen LogP contribution in [0.3, 0.4) is 0 Å². The van der Waals surface area contributed by atoms with Gasteiger partial charge in [0.15, 0.2) is 0 Å². The molecular formula is C15H23ClN4O. The van der Waals surface area contributed by atoms with Crippen molar-refractivity contribution in [3.8, 4) is 0 Å². The van der Waals surface area contributed by atoms with Crippen LogP contribution in [0.15, 0.2) is 0 Å². The number of nitrogens with zero attached hydrogens (tertiary/aromatic N) is 3. The van der Waals surface area contributed by atoms with Gasteiger partial charge in [0.2, 0.25) is 5.91 Å². The summed E-state index contributed by atoms with van der Waals surface area (Å²) in [7, 11) is 0. The predicted molar refractivity (Wildman–Crippen MR) is 82.4 cm³/mol. The van der Waals surface area contributed by atoms with Crippen LogP contribution in [0.5, 0.6) is 0 Å². The highest BCUT2D eigenvalue weighted by Crippen LogP contribution is 2.36. The van der Waals surface area contributed by atoms with E-state index >= 15 is 0 Å². The number of likely N-dealkylation sites (tertiary alicyclic amines) is 1. The molecule has 5 nitrogen and oxygen atoms in total. The lowest BCUT2D eigenvalue weighted by atomic mass is 9.78. The van der Waals surface area contributed by atoms with Gasteiger partial charge in [-0.05, 0) is 45.1 Å². The average molecular weight is 311 g/mol. The second-order valence-electron chi connectivity index (χ2n) is 6.45. The summed E-state index contributed by atoms with van der Waals surface area (Å²) in [6.07, 6.45) is 3.48. The maximum Gasteiger partial charge on any atom is 0.244 e. The van der Waals surface area contributed by atoms with Crippen molar-refractivity contribution in [1.29, 1.82) is 0 Å². The highest BCUT2D eigenvalue weighted by Gasteiger charge is 2.38. The quantitative estimate of drug-likeness (QED) is 0.905. The molecule has 1 aromatic heterocycles. The molecule has 2 fully saturated rings. The summed E-state index contributed by atoms with van der Waals surface area (Å²) in [5.74, 6) is 0.151. The Morgan fingerprint density at radius 1 is 1.33 bits per heavy atom. The number of hydrogen-bond donors (Lipinski definition) is 1. The van der Waals surface area contributed by atoms with Crippen LogP contribution >= 0.6 is 11.6 Å². The Labute approximate surface area is 130 Å². The Kier molecular flexibility index (Phi) is 3.97. The van der Waals surface area contributed by atoms with Crippen molar-refractivity contribution >= 4 is 17.5 Å². The molecule has 3 heterocycles. The fraction of sp³-hybridized carbons (Fsp3) is 0.733. The zero-order chi connectivity index (χ0) is 15.0. The second-order valence-corrected chi connectivity index (χ2v) is 6.83. The Balaban J connectivity index is 1.60. The number of rotatable bonds is 2. The van der Waals surface area contributed by atoms with Gasteiger partial charge in [0.1, 0.15) is 6.54 Å². The molecule has 1 aromatic rings. The number of aryl methyl sites for hydroxylation is 1. The molecule has 0 radical (unpaired) electrons. The molecule has 2 aliphatic rings. The van der Waals surface area contributed by atoms with Gasteiger partial charge in [0.25, 0.3) is 0 Å². The van der Waals surface area contributed by atoms with Gasteiger partial charge >= 0.3 is 0 Å². The molecule has 1 N–H and O–H groups in total. The summed E-state index contributed by atoms with van der Waals surface area (Å²) in [6.45, 7) is 8.05. The Morgan fingerprint density at radius 3 is 2.57 bits per heavy atom. The number of carbonyl (C=O) groups is 1. The molecule has 0 atom stereocenters. The van der Waals surface area contributed by atoms with Crippen molar-refractivity contribution in [2.75, 3.05) is 26.2 Å². The summed E-state index contributed by atoms with van der Waals surface area (Å²) >= 11 is 6.13. The van der Waals surface area contributed by atoms with E-state index in [1.165, 1.54) is 6.42 Å². The molecule has 0 aromatic carbocycles. The number of amides is 1. The largest absolute Gasteiger partial charge is 0.341 e. The molecule has 21 heavy (non-hydrogen) atoms. The van der Waals surface area contributed by atoms with Gasteiger partial charge in [0, 0.05) is 19.6 Å². The van der Waals surface area contributed by atoms with Crippen LogP contribution in [0.4, 0.5) is 0 Å². The maximum absolute atomic E-state index is 12.4. The molecule has 2 aliphatic heterocycles. The predicted octanol–water partition coefficient (Wildman–Crippen LogP) is 1.76. The number of halogens is 1. The highest BCUT2D eigenvalue weighted by atomic mass is 35.5. The van der Waals surface area contributed by atoms with Gasteiger partial charge in [-0.2, -0.15) is 5.10 Å². The fourth-order valence-corrected chi connectivity index (χ4v) is 3.65. The van der Waals surface area contributed by atoms with E-state index in [1.807, 2.05) is 18.7 Å². The smallest absolute Gasteiger partial charge is 0.244 e. The van der Waals surface area contributed by atoms with Crippen LogP contribution in [0, 0.1) is 19.3 Å². The molecule has 2 saturated heterocycles. The molecule has 0 unspecified atom stereocenters. The molecule has 0 aliphatic carbocycles. The topological polar surface area (TPSA) is 50.2 Å². The summed E-state index contributed by atoms with van der Waals surface area (Å²) in [6, 6.07) is 0. The van der Waals surface area contributed by atoms with E-state index < -0.39 is 0 Å². The number of aromatic nitrogens is 2. The van der Waals surface area contributed by atoms with E-state index in [9.17, 15) is 4.79 Å². The summed E-state index contributed by atoms with van der Waals surface area (Å²) in [5.41, 5.74) is 2.10. The number of nitrogens with one attached hydrogen (secondary N) is 1. The first-order valence-corrected chi connectivity index (χ1v) is 8.07. The molecule has 1 amide bonds. The summed E-state index contributed by atoms with van der Waals surface area (Å²) in [5, 5.41) is 8.46. The Hall–Kier alpha value is -1.07. The van der Waals surface area contributed by atoms with Crippen molar-refractivity contribution in [1.82, 2.24) is 20.0 Å². The molecule has 1 spiro atoms. The first kappa shape index (κ1) is 14.9. The van der Waals surface area contributed by atoms with Gasteiger partial charge in [-0.1, -0.05) is 11.6 Å². The van der Waals surface area contributed by atoms with E-state index in [0.29, 0.717) is 17.0 Å². The van der Waals surface area contributed by atoms with Crippen LogP contribution in [-0.4, -0.2) is 46.8 Å².